The molecule has 33 heavy (non-hydrogen) atoms. The van der Waals surface area contributed by atoms with Gasteiger partial charge in [0.15, 0.2) is 0 Å². The average molecular weight is 448 g/mol. The Morgan fingerprint density at radius 1 is 1.06 bits per heavy atom. The lowest BCUT2D eigenvalue weighted by Crippen LogP contribution is -2.58. The SMILES string of the molecule is Cc1ccc(-c2cnn(C(=O)N3CCN(C(=O)OC(C)C)CC3Cc3ccccc3)n2)cc1. The van der Waals surface area contributed by atoms with E-state index in [0.717, 1.165) is 21.5 Å². The number of carbonyl (C=O) groups is 2. The molecule has 1 unspecified atom stereocenters. The molecule has 4 rings (SSSR count). The van der Waals surface area contributed by atoms with E-state index >= 15 is 0 Å². The van der Waals surface area contributed by atoms with Crippen LogP contribution >= 0.6 is 0 Å². The van der Waals surface area contributed by atoms with Crippen LogP contribution in [0.1, 0.15) is 25.0 Å². The Labute approximate surface area is 193 Å². The molecule has 172 valence electrons. The van der Waals surface area contributed by atoms with Crippen molar-refractivity contribution in [1.82, 2.24) is 24.8 Å². The smallest absolute Gasteiger partial charge is 0.410 e. The van der Waals surface area contributed by atoms with Crippen LogP contribution in [0.2, 0.25) is 0 Å². The number of benzene rings is 2. The number of hydrogen-bond acceptors (Lipinski definition) is 5. The highest BCUT2D eigenvalue weighted by Gasteiger charge is 2.35. The van der Waals surface area contributed by atoms with Gasteiger partial charge in [-0.15, -0.1) is 5.10 Å². The molecule has 0 bridgehead atoms. The van der Waals surface area contributed by atoms with Gasteiger partial charge in [-0.05, 0) is 32.8 Å². The number of ether oxygens (including phenoxy) is 1. The summed E-state index contributed by atoms with van der Waals surface area (Å²) < 4.78 is 5.38. The Hall–Kier alpha value is -3.68. The summed E-state index contributed by atoms with van der Waals surface area (Å²) in [6, 6.07) is 17.4. The number of rotatable bonds is 4. The topological polar surface area (TPSA) is 80.6 Å². The number of nitrogens with zero attached hydrogens (tertiary/aromatic N) is 5. The molecule has 1 fully saturated rings. The van der Waals surface area contributed by atoms with Crippen LogP contribution in [0.15, 0.2) is 60.8 Å². The molecule has 1 aliphatic heterocycles. The summed E-state index contributed by atoms with van der Waals surface area (Å²) in [5.41, 5.74) is 3.79. The van der Waals surface area contributed by atoms with E-state index in [-0.39, 0.29) is 24.3 Å². The van der Waals surface area contributed by atoms with Crippen LogP contribution in [0.5, 0.6) is 0 Å². The van der Waals surface area contributed by atoms with Gasteiger partial charge in [-0.3, -0.25) is 0 Å². The summed E-state index contributed by atoms with van der Waals surface area (Å²) >= 11 is 0. The Kier molecular flexibility index (Phi) is 6.72. The average Bonchev–Trinajstić information content (AvgIpc) is 3.30. The molecule has 1 atom stereocenters. The molecule has 2 amide bonds. The van der Waals surface area contributed by atoms with E-state index in [2.05, 4.69) is 10.2 Å². The van der Waals surface area contributed by atoms with Crippen LogP contribution in [0.3, 0.4) is 0 Å². The third-order valence-corrected chi connectivity index (χ3v) is 5.65. The molecule has 0 saturated carbocycles. The first-order chi connectivity index (χ1) is 15.9. The van der Waals surface area contributed by atoms with Gasteiger partial charge in [-0.1, -0.05) is 65.0 Å². The van der Waals surface area contributed by atoms with Crippen molar-refractivity contribution in [1.29, 1.82) is 0 Å². The van der Waals surface area contributed by atoms with Gasteiger partial charge in [-0.2, -0.15) is 5.10 Å². The molecule has 0 N–H and O–H groups in total. The highest BCUT2D eigenvalue weighted by Crippen LogP contribution is 2.20. The summed E-state index contributed by atoms with van der Waals surface area (Å²) in [4.78, 5) is 30.5. The lowest BCUT2D eigenvalue weighted by Gasteiger charge is -2.40. The standard InChI is InChI=1S/C25H29N5O3/c1-18(2)33-25(32)28-13-14-29(22(17-28)15-20-7-5-4-6-8-20)24(31)30-26-16-23(27-30)21-11-9-19(3)10-12-21/h4-12,16,18,22H,13-15,17H2,1-3H3. The first-order valence-electron chi connectivity index (χ1n) is 11.2. The summed E-state index contributed by atoms with van der Waals surface area (Å²) in [6.07, 6.45) is 1.67. The second-order valence-corrected chi connectivity index (χ2v) is 8.58. The number of aryl methyl sites for hydroxylation is 1. The van der Waals surface area contributed by atoms with Crippen molar-refractivity contribution in [2.24, 2.45) is 0 Å². The van der Waals surface area contributed by atoms with Gasteiger partial charge < -0.3 is 14.5 Å². The summed E-state index contributed by atoms with van der Waals surface area (Å²) in [5.74, 6) is 0. The Balaban J connectivity index is 1.54. The lowest BCUT2D eigenvalue weighted by molar-refractivity contribution is 0.0458. The van der Waals surface area contributed by atoms with Gasteiger partial charge in [0, 0.05) is 25.2 Å². The predicted octanol–water partition coefficient (Wildman–Crippen LogP) is 4.00. The Bertz CT molecular complexity index is 1090. The predicted molar refractivity (Wildman–Crippen MR) is 125 cm³/mol. The zero-order chi connectivity index (χ0) is 23.4. The van der Waals surface area contributed by atoms with Crippen LogP contribution in [-0.4, -0.2) is 68.7 Å². The minimum atomic E-state index is -0.353. The van der Waals surface area contributed by atoms with Gasteiger partial charge in [0.2, 0.25) is 0 Å². The number of aromatic nitrogens is 3. The monoisotopic (exact) mass is 447 g/mol. The fourth-order valence-corrected chi connectivity index (χ4v) is 3.94. The van der Waals surface area contributed by atoms with E-state index in [1.54, 1.807) is 16.0 Å². The van der Waals surface area contributed by atoms with Crippen LogP contribution < -0.4 is 0 Å². The van der Waals surface area contributed by atoms with Gasteiger partial charge >= 0.3 is 12.1 Å². The highest BCUT2D eigenvalue weighted by molar-refractivity contribution is 5.77. The van der Waals surface area contributed by atoms with E-state index < -0.39 is 0 Å². The first kappa shape index (κ1) is 22.5. The Morgan fingerprint density at radius 2 is 1.79 bits per heavy atom. The molecule has 2 heterocycles. The van der Waals surface area contributed by atoms with E-state index in [0.29, 0.717) is 31.7 Å². The third-order valence-electron chi connectivity index (χ3n) is 5.65. The number of piperazine rings is 1. The molecule has 0 radical (unpaired) electrons. The summed E-state index contributed by atoms with van der Waals surface area (Å²) in [5, 5.41) is 8.66. The normalized spacial score (nSPS) is 16.2. The molecule has 0 spiro atoms. The molecule has 2 aromatic carbocycles. The van der Waals surface area contributed by atoms with E-state index in [4.69, 9.17) is 4.74 Å². The molecular weight excluding hydrogens is 418 g/mol. The quantitative estimate of drug-likeness (QED) is 0.604. The van der Waals surface area contributed by atoms with Crippen molar-refractivity contribution in [2.45, 2.75) is 39.3 Å². The van der Waals surface area contributed by atoms with Crippen molar-refractivity contribution < 1.29 is 14.3 Å². The maximum atomic E-state index is 13.4. The minimum Gasteiger partial charge on any atom is -0.447 e. The summed E-state index contributed by atoms with van der Waals surface area (Å²) in [6.45, 7) is 6.84. The maximum Gasteiger partial charge on any atom is 0.410 e. The fourth-order valence-electron chi connectivity index (χ4n) is 3.94. The van der Waals surface area contributed by atoms with Crippen LogP contribution in [0.4, 0.5) is 9.59 Å². The largest absolute Gasteiger partial charge is 0.447 e. The van der Waals surface area contributed by atoms with E-state index in [1.165, 1.54) is 0 Å². The highest BCUT2D eigenvalue weighted by atomic mass is 16.6. The van der Waals surface area contributed by atoms with Gasteiger partial charge in [0.05, 0.1) is 18.3 Å². The van der Waals surface area contributed by atoms with E-state index in [1.807, 2.05) is 75.4 Å². The Morgan fingerprint density at radius 3 is 2.48 bits per heavy atom. The number of carbonyl (C=O) groups excluding carboxylic acids is 2. The van der Waals surface area contributed by atoms with Crippen molar-refractivity contribution in [3.63, 3.8) is 0 Å². The molecule has 8 heteroatoms. The van der Waals surface area contributed by atoms with Gasteiger partial charge in [0.25, 0.3) is 0 Å². The molecule has 0 aliphatic carbocycles. The molecule has 8 nitrogen and oxygen atoms in total. The van der Waals surface area contributed by atoms with Crippen LogP contribution in [-0.2, 0) is 11.2 Å². The van der Waals surface area contributed by atoms with Gasteiger partial charge in [0.1, 0.15) is 5.69 Å². The molecule has 1 aromatic heterocycles. The molecule has 1 aliphatic rings. The van der Waals surface area contributed by atoms with Crippen molar-refractivity contribution in [2.75, 3.05) is 19.6 Å². The van der Waals surface area contributed by atoms with Gasteiger partial charge in [-0.25, -0.2) is 9.59 Å². The molecular formula is C25H29N5O3. The second kappa shape index (κ2) is 9.85. The second-order valence-electron chi connectivity index (χ2n) is 8.58. The number of hydrogen-bond donors (Lipinski definition) is 0. The maximum absolute atomic E-state index is 13.4. The minimum absolute atomic E-state index is 0.196. The van der Waals surface area contributed by atoms with Crippen molar-refractivity contribution in [3.8, 4) is 11.3 Å². The lowest BCUT2D eigenvalue weighted by atomic mass is 10.0. The van der Waals surface area contributed by atoms with Crippen LogP contribution in [0, 0.1) is 6.92 Å². The zero-order valence-electron chi connectivity index (χ0n) is 19.2. The zero-order valence-corrected chi connectivity index (χ0v) is 19.2. The van der Waals surface area contributed by atoms with E-state index in [9.17, 15) is 9.59 Å². The van der Waals surface area contributed by atoms with Crippen LogP contribution in [0.25, 0.3) is 11.3 Å². The fraction of sp³-hybridized carbons (Fsp3) is 0.360. The molecule has 1 saturated heterocycles. The summed E-state index contributed by atoms with van der Waals surface area (Å²) in [7, 11) is 0. The molecule has 3 aromatic rings. The number of amides is 2. The first-order valence-corrected chi connectivity index (χ1v) is 11.2. The van der Waals surface area contributed by atoms with Crippen molar-refractivity contribution >= 4 is 12.1 Å². The van der Waals surface area contributed by atoms with Crippen molar-refractivity contribution in [3.05, 3.63) is 71.9 Å². The third kappa shape index (κ3) is 5.39.